The van der Waals surface area contributed by atoms with Gasteiger partial charge in [-0.25, -0.2) is 4.68 Å². The summed E-state index contributed by atoms with van der Waals surface area (Å²) < 4.78 is 1.24. The Morgan fingerprint density at radius 3 is 2.71 bits per heavy atom. The van der Waals surface area contributed by atoms with Crippen LogP contribution in [-0.2, 0) is 11.3 Å². The van der Waals surface area contributed by atoms with Crippen molar-refractivity contribution in [3.05, 3.63) is 34.6 Å². The number of aryl methyl sites for hydroxylation is 1. The van der Waals surface area contributed by atoms with Gasteiger partial charge >= 0.3 is 0 Å². The fraction of sp³-hybridized carbons (Fsp3) is 0.467. The fourth-order valence-electron chi connectivity index (χ4n) is 1.87. The summed E-state index contributed by atoms with van der Waals surface area (Å²) in [6.07, 6.45) is 0.212. The van der Waals surface area contributed by atoms with Gasteiger partial charge in [0.05, 0.1) is 11.9 Å². The van der Waals surface area contributed by atoms with E-state index < -0.39 is 0 Å². The van der Waals surface area contributed by atoms with Crippen molar-refractivity contribution in [2.75, 3.05) is 0 Å². The third kappa shape index (κ3) is 3.65. The maximum absolute atomic E-state index is 12.2. The molecule has 0 radical (unpaired) electrons. The molecule has 21 heavy (non-hydrogen) atoms. The van der Waals surface area contributed by atoms with E-state index in [1.165, 1.54) is 4.68 Å². The lowest BCUT2D eigenvalue weighted by Crippen LogP contribution is -2.37. The molecule has 1 heterocycles. The number of fused-ring (bicyclic) bond motifs is 1. The molecule has 2 aromatic rings. The van der Waals surface area contributed by atoms with Crippen LogP contribution in [0.1, 0.15) is 27.2 Å². The number of nitrogens with one attached hydrogen (secondary N) is 1. The molecule has 0 fully saturated rings. The molecule has 6 nitrogen and oxygen atoms in total. The molecular formula is C15H20N4O2. The normalized spacial score (nSPS) is 12.6. The molecule has 0 aliphatic rings. The number of rotatable bonds is 5. The second-order valence-electron chi connectivity index (χ2n) is 5.49. The molecule has 0 spiro atoms. The standard InChI is InChI=1S/C15H20N4O2/c1-10(2)11(3)16-14(20)8-9-19-15(21)12-6-4-5-7-13(12)17-18-19/h4-7,10-11H,8-9H2,1-3H3,(H,16,20). The van der Waals surface area contributed by atoms with Gasteiger partial charge < -0.3 is 5.32 Å². The van der Waals surface area contributed by atoms with E-state index in [2.05, 4.69) is 15.6 Å². The summed E-state index contributed by atoms with van der Waals surface area (Å²) in [6.45, 7) is 6.28. The van der Waals surface area contributed by atoms with E-state index >= 15 is 0 Å². The van der Waals surface area contributed by atoms with Gasteiger partial charge in [-0.15, -0.1) is 5.10 Å². The second kappa shape index (κ2) is 6.47. The summed E-state index contributed by atoms with van der Waals surface area (Å²) in [7, 11) is 0. The van der Waals surface area contributed by atoms with Gasteiger partial charge in [0.15, 0.2) is 0 Å². The van der Waals surface area contributed by atoms with Gasteiger partial charge in [-0.1, -0.05) is 31.2 Å². The number of nitrogens with zero attached hydrogens (tertiary/aromatic N) is 3. The van der Waals surface area contributed by atoms with Crippen molar-refractivity contribution < 1.29 is 4.79 Å². The van der Waals surface area contributed by atoms with E-state index in [-0.39, 0.29) is 30.5 Å². The Morgan fingerprint density at radius 2 is 2.00 bits per heavy atom. The molecule has 0 saturated heterocycles. The highest BCUT2D eigenvalue weighted by molar-refractivity contribution is 5.77. The summed E-state index contributed by atoms with van der Waals surface area (Å²) in [6, 6.07) is 7.15. The van der Waals surface area contributed by atoms with Gasteiger partial charge in [0, 0.05) is 12.5 Å². The third-order valence-electron chi connectivity index (χ3n) is 3.57. The van der Waals surface area contributed by atoms with E-state index in [0.717, 1.165) is 0 Å². The SMILES string of the molecule is CC(C)C(C)NC(=O)CCn1nnc2ccccc2c1=O. The van der Waals surface area contributed by atoms with Crippen LogP contribution in [0.3, 0.4) is 0 Å². The Balaban J connectivity index is 2.06. The van der Waals surface area contributed by atoms with E-state index in [0.29, 0.717) is 16.8 Å². The average molecular weight is 288 g/mol. The predicted molar refractivity (Wildman–Crippen MR) is 80.9 cm³/mol. The minimum Gasteiger partial charge on any atom is -0.353 e. The van der Waals surface area contributed by atoms with Gasteiger partial charge in [-0.05, 0) is 25.0 Å². The van der Waals surface area contributed by atoms with Crippen molar-refractivity contribution in [2.24, 2.45) is 5.92 Å². The number of benzene rings is 1. The average Bonchev–Trinajstić information content (AvgIpc) is 2.46. The first-order valence-electron chi connectivity index (χ1n) is 7.11. The van der Waals surface area contributed by atoms with Crippen LogP contribution in [0.5, 0.6) is 0 Å². The molecule has 6 heteroatoms. The molecule has 2 rings (SSSR count). The van der Waals surface area contributed by atoms with Gasteiger partial charge in [0.2, 0.25) is 5.91 Å². The highest BCUT2D eigenvalue weighted by Crippen LogP contribution is 2.04. The minimum absolute atomic E-state index is 0.0851. The minimum atomic E-state index is -0.217. The van der Waals surface area contributed by atoms with E-state index in [9.17, 15) is 9.59 Å². The van der Waals surface area contributed by atoms with Crippen LogP contribution in [0, 0.1) is 5.92 Å². The highest BCUT2D eigenvalue weighted by atomic mass is 16.2. The Labute approximate surface area is 123 Å². The van der Waals surface area contributed by atoms with Crippen LogP contribution in [0.2, 0.25) is 0 Å². The summed E-state index contributed by atoms with van der Waals surface area (Å²) in [4.78, 5) is 24.0. The lowest BCUT2D eigenvalue weighted by Gasteiger charge is -2.17. The van der Waals surface area contributed by atoms with Crippen LogP contribution in [0.15, 0.2) is 29.1 Å². The molecule has 0 bridgehead atoms. The van der Waals surface area contributed by atoms with Crippen molar-refractivity contribution in [1.29, 1.82) is 0 Å². The van der Waals surface area contributed by atoms with Gasteiger partial charge in [-0.3, -0.25) is 9.59 Å². The highest BCUT2D eigenvalue weighted by Gasteiger charge is 2.12. The smallest absolute Gasteiger partial charge is 0.277 e. The number of amides is 1. The maximum atomic E-state index is 12.2. The molecule has 1 N–H and O–H groups in total. The van der Waals surface area contributed by atoms with E-state index in [1.807, 2.05) is 26.8 Å². The molecule has 0 aliphatic heterocycles. The Bertz CT molecular complexity index is 693. The summed E-state index contributed by atoms with van der Waals surface area (Å²) in [5.74, 6) is 0.287. The lowest BCUT2D eigenvalue weighted by atomic mass is 10.1. The van der Waals surface area contributed by atoms with Gasteiger partial charge in [0.1, 0.15) is 5.52 Å². The Morgan fingerprint density at radius 1 is 1.29 bits per heavy atom. The van der Waals surface area contributed by atoms with Crippen molar-refractivity contribution >= 4 is 16.8 Å². The largest absolute Gasteiger partial charge is 0.353 e. The van der Waals surface area contributed by atoms with Crippen LogP contribution in [0.4, 0.5) is 0 Å². The zero-order chi connectivity index (χ0) is 15.4. The summed E-state index contributed by atoms with van der Waals surface area (Å²) in [5.41, 5.74) is 0.349. The van der Waals surface area contributed by atoms with Crippen molar-refractivity contribution in [3.63, 3.8) is 0 Å². The molecule has 1 amide bonds. The van der Waals surface area contributed by atoms with E-state index in [4.69, 9.17) is 0 Å². The molecule has 0 saturated carbocycles. The molecule has 0 aliphatic carbocycles. The first-order chi connectivity index (χ1) is 9.99. The van der Waals surface area contributed by atoms with Crippen molar-refractivity contribution in [3.8, 4) is 0 Å². The van der Waals surface area contributed by atoms with Gasteiger partial charge in [-0.2, -0.15) is 0 Å². The Hall–Kier alpha value is -2.24. The van der Waals surface area contributed by atoms with Crippen LogP contribution in [0.25, 0.3) is 10.9 Å². The molecule has 112 valence electrons. The predicted octanol–water partition coefficient (Wildman–Crippen LogP) is 1.34. The van der Waals surface area contributed by atoms with Crippen LogP contribution in [-0.4, -0.2) is 26.9 Å². The van der Waals surface area contributed by atoms with Gasteiger partial charge in [0.25, 0.3) is 5.56 Å². The molecule has 1 aromatic heterocycles. The number of hydrogen-bond acceptors (Lipinski definition) is 4. The monoisotopic (exact) mass is 288 g/mol. The molecule has 1 atom stereocenters. The number of aromatic nitrogens is 3. The maximum Gasteiger partial charge on any atom is 0.277 e. The Kier molecular flexibility index (Phi) is 4.67. The van der Waals surface area contributed by atoms with E-state index in [1.54, 1.807) is 18.2 Å². The molecular weight excluding hydrogens is 268 g/mol. The summed E-state index contributed by atoms with van der Waals surface area (Å²) >= 11 is 0. The quantitative estimate of drug-likeness (QED) is 0.900. The number of carbonyl (C=O) groups is 1. The van der Waals surface area contributed by atoms with Crippen LogP contribution < -0.4 is 10.9 Å². The first kappa shape index (κ1) is 15.2. The van der Waals surface area contributed by atoms with Crippen LogP contribution >= 0.6 is 0 Å². The first-order valence-corrected chi connectivity index (χ1v) is 7.11. The second-order valence-corrected chi connectivity index (χ2v) is 5.49. The fourth-order valence-corrected chi connectivity index (χ4v) is 1.87. The lowest BCUT2D eigenvalue weighted by molar-refractivity contribution is -0.122. The zero-order valence-corrected chi connectivity index (χ0v) is 12.5. The third-order valence-corrected chi connectivity index (χ3v) is 3.57. The van der Waals surface area contributed by atoms with Crippen molar-refractivity contribution in [2.45, 2.75) is 39.8 Å². The zero-order valence-electron chi connectivity index (χ0n) is 12.5. The topological polar surface area (TPSA) is 76.9 Å². The van der Waals surface area contributed by atoms with Crippen molar-refractivity contribution in [1.82, 2.24) is 20.3 Å². The number of carbonyl (C=O) groups excluding carboxylic acids is 1. The molecule has 1 aromatic carbocycles. The molecule has 1 unspecified atom stereocenters. The summed E-state index contributed by atoms with van der Waals surface area (Å²) in [5, 5.41) is 11.3. The number of hydrogen-bond donors (Lipinski definition) is 1.